The molecule has 0 saturated heterocycles. The monoisotopic (exact) mass is 347 g/mol. The van der Waals surface area contributed by atoms with Gasteiger partial charge in [0.2, 0.25) is 0 Å². The van der Waals surface area contributed by atoms with Crippen molar-refractivity contribution in [2.24, 2.45) is 0 Å². The zero-order valence-corrected chi connectivity index (χ0v) is 14.7. The molecule has 0 N–H and O–H groups in total. The summed E-state index contributed by atoms with van der Waals surface area (Å²) < 4.78 is 7.54. The van der Waals surface area contributed by atoms with E-state index in [9.17, 15) is 4.79 Å². The number of benzene rings is 2. The number of ether oxygens (including phenoxy) is 1. The summed E-state index contributed by atoms with van der Waals surface area (Å²) in [6.07, 6.45) is 0. The van der Waals surface area contributed by atoms with Crippen LogP contribution >= 0.6 is 0 Å². The highest BCUT2D eigenvalue weighted by molar-refractivity contribution is 5.93. The maximum absolute atomic E-state index is 12.9. The van der Waals surface area contributed by atoms with E-state index in [2.05, 4.69) is 24.2 Å². The van der Waals surface area contributed by atoms with Gasteiger partial charge >= 0.3 is 0 Å². The van der Waals surface area contributed by atoms with E-state index in [1.165, 1.54) is 0 Å². The Labute approximate surface area is 152 Å². The van der Waals surface area contributed by atoms with E-state index in [0.717, 1.165) is 17.0 Å². The molecule has 4 rings (SSSR count). The van der Waals surface area contributed by atoms with Crippen molar-refractivity contribution < 1.29 is 9.53 Å². The molecule has 1 aliphatic rings. The lowest BCUT2D eigenvalue weighted by Crippen LogP contribution is -2.41. The van der Waals surface area contributed by atoms with Gasteiger partial charge in [0.05, 0.1) is 12.6 Å². The topological polar surface area (TPSA) is 47.4 Å². The number of nitrogens with zero attached hydrogens (tertiary/aromatic N) is 3. The average Bonchev–Trinajstić information content (AvgIpc) is 3.12. The van der Waals surface area contributed by atoms with Crippen LogP contribution in [-0.4, -0.2) is 27.1 Å². The lowest BCUT2D eigenvalue weighted by atomic mass is 10.1. The molecule has 0 fully saturated rings. The second-order valence-corrected chi connectivity index (χ2v) is 6.43. The zero-order valence-electron chi connectivity index (χ0n) is 14.7. The van der Waals surface area contributed by atoms with Crippen molar-refractivity contribution in [3.8, 4) is 5.75 Å². The Morgan fingerprint density at radius 2 is 1.73 bits per heavy atom. The molecule has 0 spiro atoms. The Morgan fingerprint density at radius 3 is 2.46 bits per heavy atom. The highest BCUT2D eigenvalue weighted by Crippen LogP contribution is 2.25. The van der Waals surface area contributed by atoms with Gasteiger partial charge in [-0.2, -0.15) is 5.10 Å². The summed E-state index contributed by atoms with van der Waals surface area (Å²) in [7, 11) is 0. The lowest BCUT2D eigenvalue weighted by Gasteiger charge is -2.33. The summed E-state index contributed by atoms with van der Waals surface area (Å²) in [5.74, 6) is 0.815. The van der Waals surface area contributed by atoms with Crippen LogP contribution in [0.25, 0.3) is 0 Å². The van der Waals surface area contributed by atoms with Gasteiger partial charge in [0.15, 0.2) is 0 Å². The van der Waals surface area contributed by atoms with Crippen LogP contribution in [0.15, 0.2) is 66.7 Å². The maximum atomic E-state index is 12.9. The van der Waals surface area contributed by atoms with Gasteiger partial charge in [0.25, 0.3) is 5.91 Å². The van der Waals surface area contributed by atoms with E-state index in [1.54, 1.807) is 4.68 Å². The van der Waals surface area contributed by atoms with Crippen molar-refractivity contribution >= 4 is 5.91 Å². The Morgan fingerprint density at radius 1 is 1.04 bits per heavy atom. The first-order valence-electron chi connectivity index (χ1n) is 8.83. The number of hydrogen-bond donors (Lipinski definition) is 0. The van der Waals surface area contributed by atoms with Crippen molar-refractivity contribution in [3.05, 3.63) is 83.7 Å². The van der Waals surface area contributed by atoms with Crippen molar-refractivity contribution in [1.82, 2.24) is 14.7 Å². The molecule has 1 atom stereocenters. The third-order valence-electron chi connectivity index (χ3n) is 4.74. The first-order valence-corrected chi connectivity index (χ1v) is 8.83. The van der Waals surface area contributed by atoms with Gasteiger partial charge in [-0.1, -0.05) is 48.5 Å². The number of amides is 1. The third kappa shape index (κ3) is 3.20. The molecule has 132 valence electrons. The van der Waals surface area contributed by atoms with Crippen LogP contribution in [0, 0.1) is 0 Å². The van der Waals surface area contributed by atoms with Gasteiger partial charge < -0.3 is 9.64 Å². The van der Waals surface area contributed by atoms with E-state index >= 15 is 0 Å². The molecule has 2 heterocycles. The molecule has 1 amide bonds. The van der Waals surface area contributed by atoms with Crippen molar-refractivity contribution in [2.75, 3.05) is 6.54 Å². The molecule has 2 aromatic carbocycles. The van der Waals surface area contributed by atoms with E-state index in [-0.39, 0.29) is 11.9 Å². The number of carbonyl (C=O) groups is 1. The van der Waals surface area contributed by atoms with Gasteiger partial charge in [0.1, 0.15) is 23.7 Å². The van der Waals surface area contributed by atoms with Gasteiger partial charge in [-0.15, -0.1) is 0 Å². The van der Waals surface area contributed by atoms with Crippen molar-refractivity contribution in [3.63, 3.8) is 0 Å². The number of hydrogen-bond acceptors (Lipinski definition) is 3. The normalized spacial score (nSPS) is 14.8. The van der Waals surface area contributed by atoms with Crippen LogP contribution in [0.1, 0.15) is 34.7 Å². The summed E-state index contributed by atoms with van der Waals surface area (Å²) in [5.41, 5.74) is 2.54. The standard InChI is InChI=1S/C21H21N3O2/c1-16(17-8-4-2-5-9-17)23-12-13-24-20(21(23)25)14-18(22-24)15-26-19-10-6-3-7-11-19/h2-11,14,16H,12-13,15H2,1H3/t16-/m1/s1. The molecular formula is C21H21N3O2. The maximum Gasteiger partial charge on any atom is 0.272 e. The Bertz CT molecular complexity index is 890. The quantitative estimate of drug-likeness (QED) is 0.707. The Balaban J connectivity index is 1.49. The number of aromatic nitrogens is 2. The number of rotatable bonds is 5. The first-order chi connectivity index (χ1) is 12.7. The van der Waals surface area contributed by atoms with E-state index in [1.807, 2.05) is 59.5 Å². The highest BCUT2D eigenvalue weighted by atomic mass is 16.5. The largest absolute Gasteiger partial charge is 0.487 e. The molecule has 0 aliphatic carbocycles. The predicted octanol–water partition coefficient (Wildman–Crippen LogP) is 3.68. The Kier molecular flexibility index (Phi) is 4.44. The summed E-state index contributed by atoms with van der Waals surface area (Å²) in [5, 5.41) is 4.53. The van der Waals surface area contributed by atoms with E-state index in [4.69, 9.17) is 4.74 Å². The van der Waals surface area contributed by atoms with Crippen LogP contribution in [0.5, 0.6) is 5.75 Å². The van der Waals surface area contributed by atoms with Gasteiger partial charge in [-0.3, -0.25) is 9.48 Å². The molecule has 3 aromatic rings. The smallest absolute Gasteiger partial charge is 0.272 e. The number of carbonyl (C=O) groups excluding carboxylic acids is 1. The molecule has 26 heavy (non-hydrogen) atoms. The van der Waals surface area contributed by atoms with Crippen LogP contribution in [-0.2, 0) is 13.2 Å². The second-order valence-electron chi connectivity index (χ2n) is 6.43. The molecule has 5 heteroatoms. The summed E-state index contributed by atoms with van der Waals surface area (Å²) in [6.45, 7) is 3.77. The van der Waals surface area contributed by atoms with Gasteiger partial charge in [0, 0.05) is 6.54 Å². The Hall–Kier alpha value is -3.08. The van der Waals surface area contributed by atoms with E-state index < -0.39 is 0 Å². The molecule has 1 aromatic heterocycles. The third-order valence-corrected chi connectivity index (χ3v) is 4.74. The average molecular weight is 347 g/mol. The van der Waals surface area contributed by atoms with Crippen molar-refractivity contribution in [1.29, 1.82) is 0 Å². The fourth-order valence-corrected chi connectivity index (χ4v) is 3.29. The van der Waals surface area contributed by atoms with E-state index in [0.29, 0.717) is 25.4 Å². The van der Waals surface area contributed by atoms with Crippen LogP contribution < -0.4 is 4.74 Å². The molecular weight excluding hydrogens is 326 g/mol. The summed E-state index contributed by atoms with van der Waals surface area (Å²) >= 11 is 0. The fraction of sp³-hybridized carbons (Fsp3) is 0.238. The summed E-state index contributed by atoms with van der Waals surface area (Å²) in [4.78, 5) is 14.9. The van der Waals surface area contributed by atoms with Gasteiger partial charge in [-0.25, -0.2) is 0 Å². The number of fused-ring (bicyclic) bond motifs is 1. The minimum absolute atomic E-state index is 0.0195. The van der Waals surface area contributed by atoms with Crippen molar-refractivity contribution in [2.45, 2.75) is 26.1 Å². The minimum atomic E-state index is 0.0195. The molecule has 0 saturated carbocycles. The second kappa shape index (κ2) is 7.04. The SMILES string of the molecule is C[C@H](c1ccccc1)N1CCn2nc(COc3ccccc3)cc2C1=O. The molecule has 1 aliphatic heterocycles. The minimum Gasteiger partial charge on any atom is -0.487 e. The summed E-state index contributed by atoms with van der Waals surface area (Å²) in [6, 6.07) is 21.6. The zero-order chi connectivity index (χ0) is 17.9. The molecule has 0 radical (unpaired) electrons. The van der Waals surface area contributed by atoms with Crippen LogP contribution in [0.2, 0.25) is 0 Å². The van der Waals surface area contributed by atoms with Gasteiger partial charge in [-0.05, 0) is 30.7 Å². The first kappa shape index (κ1) is 16.4. The molecule has 5 nitrogen and oxygen atoms in total. The predicted molar refractivity (Wildman–Crippen MR) is 98.9 cm³/mol. The highest BCUT2D eigenvalue weighted by Gasteiger charge is 2.30. The lowest BCUT2D eigenvalue weighted by molar-refractivity contribution is 0.0624. The molecule has 0 unspecified atom stereocenters. The van der Waals surface area contributed by atoms with Crippen LogP contribution in [0.3, 0.4) is 0 Å². The van der Waals surface area contributed by atoms with Crippen LogP contribution in [0.4, 0.5) is 0 Å². The number of para-hydroxylation sites is 1. The molecule has 0 bridgehead atoms. The fourth-order valence-electron chi connectivity index (χ4n) is 3.29.